The molecule has 0 fully saturated rings. The zero-order chi connectivity index (χ0) is 22.7. The maximum absolute atomic E-state index is 12.5. The molecule has 2 aromatic rings. The van der Waals surface area contributed by atoms with Gasteiger partial charge in [0.2, 0.25) is 0 Å². The standard InChI is InChI=1S/C19H17N5O7/c1-11-16(19(25)31-2)17(12-3-7-14(8-4-12)23(27)28)22(21-26)18(20-11)13-5-9-15(10-6-13)24(29)30/h3-10,17-18,20H,1-2H3/t17-,18+/m1/s1. The highest BCUT2D eigenvalue weighted by Crippen LogP contribution is 2.41. The van der Waals surface area contributed by atoms with Crippen molar-refractivity contribution >= 4 is 17.3 Å². The average Bonchev–Trinajstić information content (AvgIpc) is 2.77. The van der Waals surface area contributed by atoms with Crippen molar-refractivity contribution in [3.63, 3.8) is 0 Å². The lowest BCUT2D eigenvalue weighted by atomic mass is 9.92. The van der Waals surface area contributed by atoms with Crippen molar-refractivity contribution in [2.45, 2.75) is 19.1 Å². The monoisotopic (exact) mass is 427 g/mol. The predicted molar refractivity (Wildman–Crippen MR) is 107 cm³/mol. The van der Waals surface area contributed by atoms with Crippen molar-refractivity contribution in [1.82, 2.24) is 10.3 Å². The summed E-state index contributed by atoms with van der Waals surface area (Å²) in [6, 6.07) is 9.87. The van der Waals surface area contributed by atoms with Gasteiger partial charge in [-0.25, -0.2) is 9.80 Å². The minimum atomic E-state index is -1.01. The molecule has 0 aromatic heterocycles. The van der Waals surface area contributed by atoms with Crippen LogP contribution >= 0.6 is 0 Å². The molecule has 2 aromatic carbocycles. The van der Waals surface area contributed by atoms with Crippen molar-refractivity contribution < 1.29 is 19.4 Å². The number of hydrogen-bond donors (Lipinski definition) is 1. The Hall–Kier alpha value is -4.35. The molecule has 0 spiro atoms. The van der Waals surface area contributed by atoms with Gasteiger partial charge in [0.05, 0.1) is 27.8 Å². The zero-order valence-corrected chi connectivity index (χ0v) is 16.4. The van der Waals surface area contributed by atoms with Gasteiger partial charge in [-0.3, -0.25) is 20.2 Å². The third-order valence-corrected chi connectivity index (χ3v) is 4.90. The summed E-state index contributed by atoms with van der Waals surface area (Å²) in [7, 11) is 1.19. The molecule has 0 aliphatic carbocycles. The summed E-state index contributed by atoms with van der Waals surface area (Å²) in [5.41, 5.74) is 1.11. The lowest BCUT2D eigenvalue weighted by Crippen LogP contribution is -2.44. The van der Waals surface area contributed by atoms with E-state index in [1.807, 2.05) is 0 Å². The summed E-state index contributed by atoms with van der Waals surface area (Å²) in [6.07, 6.45) is -0.855. The Morgan fingerprint density at radius 2 is 1.48 bits per heavy atom. The Morgan fingerprint density at radius 3 is 1.90 bits per heavy atom. The lowest BCUT2D eigenvalue weighted by molar-refractivity contribution is -0.385. The van der Waals surface area contributed by atoms with Gasteiger partial charge in [0.15, 0.2) is 0 Å². The second kappa shape index (κ2) is 8.57. The molecular weight excluding hydrogens is 410 g/mol. The molecule has 0 saturated heterocycles. The van der Waals surface area contributed by atoms with E-state index in [1.165, 1.54) is 55.6 Å². The zero-order valence-electron chi connectivity index (χ0n) is 16.4. The number of esters is 1. The fourth-order valence-electron chi connectivity index (χ4n) is 3.42. The maximum atomic E-state index is 12.5. The van der Waals surface area contributed by atoms with Gasteiger partial charge >= 0.3 is 5.97 Å². The van der Waals surface area contributed by atoms with Crippen LogP contribution in [0.3, 0.4) is 0 Å². The molecule has 2 atom stereocenters. The Balaban J connectivity index is 2.12. The molecular formula is C19H17N5O7. The summed E-state index contributed by atoms with van der Waals surface area (Å²) < 4.78 is 4.86. The number of hydrogen-bond acceptors (Lipinski definition) is 9. The molecule has 1 N–H and O–H groups in total. The number of carbonyl (C=O) groups is 1. The largest absolute Gasteiger partial charge is 0.466 e. The van der Waals surface area contributed by atoms with Crippen LogP contribution in [0, 0.1) is 25.1 Å². The fourth-order valence-corrected chi connectivity index (χ4v) is 3.42. The van der Waals surface area contributed by atoms with Crippen LogP contribution in [0.4, 0.5) is 11.4 Å². The molecule has 31 heavy (non-hydrogen) atoms. The Morgan fingerprint density at radius 1 is 1.00 bits per heavy atom. The first-order valence-corrected chi connectivity index (χ1v) is 8.94. The number of carbonyl (C=O) groups excluding carboxylic acids is 1. The van der Waals surface area contributed by atoms with Gasteiger partial charge in [-0.2, -0.15) is 0 Å². The van der Waals surface area contributed by atoms with E-state index in [2.05, 4.69) is 10.6 Å². The van der Waals surface area contributed by atoms with Crippen molar-refractivity contribution in [3.8, 4) is 0 Å². The molecule has 0 amide bonds. The van der Waals surface area contributed by atoms with Gasteiger partial charge in [0.1, 0.15) is 12.2 Å². The van der Waals surface area contributed by atoms with E-state index in [1.54, 1.807) is 6.92 Å². The normalized spacial score (nSPS) is 18.2. The number of benzene rings is 2. The minimum Gasteiger partial charge on any atom is -0.466 e. The number of nitrogens with one attached hydrogen (secondary N) is 1. The van der Waals surface area contributed by atoms with Crippen LogP contribution in [-0.4, -0.2) is 27.9 Å². The van der Waals surface area contributed by atoms with Gasteiger partial charge < -0.3 is 10.1 Å². The average molecular weight is 427 g/mol. The van der Waals surface area contributed by atoms with E-state index >= 15 is 0 Å². The second-order valence-electron chi connectivity index (χ2n) is 6.64. The molecule has 3 rings (SSSR count). The highest BCUT2D eigenvalue weighted by Gasteiger charge is 2.40. The van der Waals surface area contributed by atoms with Crippen LogP contribution in [0.25, 0.3) is 0 Å². The van der Waals surface area contributed by atoms with Crippen molar-refractivity contribution in [1.29, 1.82) is 0 Å². The van der Waals surface area contributed by atoms with Crippen LogP contribution < -0.4 is 5.32 Å². The van der Waals surface area contributed by atoms with Gasteiger partial charge in [-0.1, -0.05) is 0 Å². The van der Waals surface area contributed by atoms with Crippen LogP contribution in [0.15, 0.2) is 65.1 Å². The van der Waals surface area contributed by atoms with E-state index < -0.39 is 28.0 Å². The van der Waals surface area contributed by atoms with Crippen molar-refractivity contribution in [3.05, 3.63) is 96.1 Å². The van der Waals surface area contributed by atoms with Crippen LogP contribution in [0.1, 0.15) is 30.3 Å². The minimum absolute atomic E-state index is 0.106. The maximum Gasteiger partial charge on any atom is 0.338 e. The number of nitro groups is 2. The molecule has 160 valence electrons. The fraction of sp³-hybridized carbons (Fsp3) is 0.211. The highest BCUT2D eigenvalue weighted by atomic mass is 16.6. The Bertz CT molecular complexity index is 1070. The van der Waals surface area contributed by atoms with Gasteiger partial charge in [-0.15, -0.1) is 4.91 Å². The first kappa shape index (κ1) is 21.4. The molecule has 0 saturated carbocycles. The highest BCUT2D eigenvalue weighted by molar-refractivity contribution is 5.91. The number of nitrogens with zero attached hydrogens (tertiary/aromatic N) is 4. The van der Waals surface area contributed by atoms with Crippen LogP contribution in [0.2, 0.25) is 0 Å². The first-order chi connectivity index (χ1) is 14.8. The third kappa shape index (κ3) is 4.03. The second-order valence-corrected chi connectivity index (χ2v) is 6.64. The third-order valence-electron chi connectivity index (χ3n) is 4.90. The lowest BCUT2D eigenvalue weighted by Gasteiger charge is -2.40. The Labute approximate surface area is 175 Å². The number of ether oxygens (including phenoxy) is 1. The summed E-state index contributed by atoms with van der Waals surface area (Å²) in [5.74, 6) is -0.704. The number of rotatable bonds is 6. The molecule has 12 heteroatoms. The van der Waals surface area contributed by atoms with Crippen molar-refractivity contribution in [2.75, 3.05) is 7.11 Å². The van der Waals surface area contributed by atoms with Crippen molar-refractivity contribution in [2.24, 2.45) is 5.29 Å². The Kier molecular flexibility index (Phi) is 5.90. The van der Waals surface area contributed by atoms with Gasteiger partial charge in [0.25, 0.3) is 11.4 Å². The smallest absolute Gasteiger partial charge is 0.338 e. The molecule has 1 aliphatic heterocycles. The van der Waals surface area contributed by atoms with E-state index in [9.17, 15) is 29.9 Å². The van der Waals surface area contributed by atoms with E-state index in [0.717, 1.165) is 5.01 Å². The number of non-ortho nitro benzene ring substituents is 2. The SMILES string of the molecule is COC(=O)C1=C(C)N[C@H](c2ccc([N+](=O)[O-])cc2)N(N=O)[C@@H]1c1ccc([N+](=O)[O-])cc1. The summed E-state index contributed by atoms with van der Waals surface area (Å²) >= 11 is 0. The number of nitroso groups, excluding NO2 is 1. The van der Waals surface area contributed by atoms with Crippen LogP contribution in [0.5, 0.6) is 0 Å². The van der Waals surface area contributed by atoms with E-state index in [0.29, 0.717) is 16.8 Å². The van der Waals surface area contributed by atoms with Gasteiger partial charge in [0, 0.05) is 30.0 Å². The number of methoxy groups -OCH3 is 1. The van der Waals surface area contributed by atoms with Crippen LogP contribution in [-0.2, 0) is 9.53 Å². The molecule has 0 unspecified atom stereocenters. The first-order valence-electron chi connectivity index (χ1n) is 8.94. The topological polar surface area (TPSA) is 157 Å². The molecule has 1 heterocycles. The summed E-state index contributed by atoms with van der Waals surface area (Å²) in [6.45, 7) is 1.62. The molecule has 12 nitrogen and oxygen atoms in total. The molecule has 1 aliphatic rings. The van der Waals surface area contributed by atoms with E-state index in [-0.39, 0.29) is 16.9 Å². The molecule has 0 radical (unpaired) electrons. The predicted octanol–water partition coefficient (Wildman–Crippen LogP) is 3.28. The summed E-state index contributed by atoms with van der Waals surface area (Å²) in [4.78, 5) is 45.2. The number of nitro benzene ring substituents is 2. The quantitative estimate of drug-likeness (QED) is 0.316. The van der Waals surface area contributed by atoms with Gasteiger partial charge in [-0.05, 0) is 42.3 Å². The summed E-state index contributed by atoms with van der Waals surface area (Å²) in [5, 5.41) is 29.1. The van der Waals surface area contributed by atoms with E-state index in [4.69, 9.17) is 4.74 Å². The molecule has 0 bridgehead atoms. The number of allylic oxidation sites excluding steroid dienone is 1.